The Kier molecular flexibility index (Phi) is 2.19. The predicted octanol–water partition coefficient (Wildman–Crippen LogP) is 5.27. The molecular weight excluding hydrogens is 252 g/mol. The maximum atomic E-state index is 2.45. The molecule has 0 bridgehead atoms. The van der Waals surface area contributed by atoms with E-state index in [1.807, 2.05) is 0 Å². The number of hydrogen-bond donors (Lipinski definition) is 0. The van der Waals surface area contributed by atoms with E-state index in [0.29, 0.717) is 5.92 Å². The second-order valence-corrected chi connectivity index (χ2v) is 6.44. The van der Waals surface area contributed by atoms with E-state index in [1.165, 1.54) is 39.8 Å². The van der Waals surface area contributed by atoms with E-state index in [2.05, 4.69) is 61.9 Å². The summed E-state index contributed by atoms with van der Waals surface area (Å²) in [5.74, 6) is 0.703. The number of hydrogen-bond acceptors (Lipinski definition) is 0. The first kappa shape index (κ1) is 11.6. The summed E-state index contributed by atoms with van der Waals surface area (Å²) in [6.07, 6.45) is 11.5. The number of fused-ring (bicyclic) bond motifs is 5. The first-order chi connectivity index (χ1) is 10.3. The zero-order valence-corrected chi connectivity index (χ0v) is 12.2. The predicted molar refractivity (Wildman–Crippen MR) is 88.2 cm³/mol. The van der Waals surface area contributed by atoms with Crippen LogP contribution in [0.15, 0.2) is 48.6 Å². The third kappa shape index (κ3) is 1.45. The Labute approximate surface area is 125 Å². The van der Waals surface area contributed by atoms with Gasteiger partial charge in [-0.15, -0.1) is 0 Å². The second-order valence-electron chi connectivity index (χ2n) is 6.44. The molecule has 2 aromatic carbocycles. The molecule has 0 saturated carbocycles. The van der Waals surface area contributed by atoms with Gasteiger partial charge in [-0.05, 0) is 69.3 Å². The van der Waals surface area contributed by atoms with Crippen molar-refractivity contribution in [2.24, 2.45) is 0 Å². The quantitative estimate of drug-likeness (QED) is 0.564. The van der Waals surface area contributed by atoms with E-state index in [-0.39, 0.29) is 0 Å². The summed E-state index contributed by atoms with van der Waals surface area (Å²) in [4.78, 5) is 0. The Bertz CT molecular complexity index is 833. The highest BCUT2D eigenvalue weighted by molar-refractivity contribution is 5.89. The molecule has 21 heavy (non-hydrogen) atoms. The molecule has 1 radical (unpaired) electrons. The van der Waals surface area contributed by atoms with Gasteiger partial charge >= 0.3 is 0 Å². The van der Waals surface area contributed by atoms with Crippen molar-refractivity contribution < 1.29 is 0 Å². The van der Waals surface area contributed by atoms with Gasteiger partial charge in [-0.1, -0.05) is 49.4 Å². The Morgan fingerprint density at radius 2 is 1.95 bits per heavy atom. The van der Waals surface area contributed by atoms with Gasteiger partial charge in [0, 0.05) is 6.42 Å². The first-order valence-corrected chi connectivity index (χ1v) is 7.83. The maximum Gasteiger partial charge on any atom is 0.0214 e. The Morgan fingerprint density at radius 1 is 1.05 bits per heavy atom. The molecule has 0 amide bonds. The van der Waals surface area contributed by atoms with Gasteiger partial charge < -0.3 is 0 Å². The topological polar surface area (TPSA) is 0 Å². The lowest BCUT2D eigenvalue weighted by Gasteiger charge is -2.33. The van der Waals surface area contributed by atoms with Crippen LogP contribution in [-0.4, -0.2) is 0 Å². The summed E-state index contributed by atoms with van der Waals surface area (Å²) < 4.78 is 0. The van der Waals surface area contributed by atoms with E-state index < -0.39 is 0 Å². The highest BCUT2D eigenvalue weighted by atomic mass is 14.4. The van der Waals surface area contributed by atoms with Gasteiger partial charge in [0.05, 0.1) is 0 Å². The molecule has 0 aromatic heterocycles. The van der Waals surface area contributed by atoms with Crippen molar-refractivity contribution >= 4 is 5.57 Å². The lowest BCUT2D eigenvalue weighted by Crippen LogP contribution is -2.19. The Morgan fingerprint density at radius 3 is 2.76 bits per heavy atom. The third-order valence-electron chi connectivity index (χ3n) is 5.19. The smallest absolute Gasteiger partial charge is 0.0214 e. The van der Waals surface area contributed by atoms with Crippen molar-refractivity contribution in [1.82, 2.24) is 0 Å². The third-order valence-corrected chi connectivity index (χ3v) is 5.19. The van der Waals surface area contributed by atoms with Gasteiger partial charge in [0.2, 0.25) is 0 Å². The van der Waals surface area contributed by atoms with E-state index in [4.69, 9.17) is 0 Å². The van der Waals surface area contributed by atoms with Crippen LogP contribution in [0.1, 0.15) is 47.1 Å². The van der Waals surface area contributed by atoms with Crippen molar-refractivity contribution in [3.63, 3.8) is 0 Å². The zero-order valence-electron chi connectivity index (χ0n) is 12.2. The summed E-state index contributed by atoms with van der Waals surface area (Å²) in [5.41, 5.74) is 11.9. The fourth-order valence-electron chi connectivity index (χ4n) is 4.16. The fraction of sp³-hybridized carbons (Fsp3) is 0.190. The summed E-state index contributed by atoms with van der Waals surface area (Å²) in [5, 5.41) is 0. The van der Waals surface area contributed by atoms with Crippen molar-refractivity contribution in [2.75, 3.05) is 0 Å². The highest BCUT2D eigenvalue weighted by Gasteiger charge is 2.34. The van der Waals surface area contributed by atoms with E-state index >= 15 is 0 Å². The van der Waals surface area contributed by atoms with Crippen molar-refractivity contribution in [2.45, 2.75) is 25.7 Å². The van der Waals surface area contributed by atoms with Crippen LogP contribution >= 0.6 is 0 Å². The summed E-state index contributed by atoms with van der Waals surface area (Å²) in [6, 6.07) is 11.2. The zero-order chi connectivity index (χ0) is 14.0. The Hall–Kier alpha value is -2.08. The molecule has 0 heteroatoms. The SMILES string of the molecule is CC1Cc2c(C3=CC=CC3)cc3c(c21)[CH]c1ccccc1-3. The number of benzene rings is 2. The monoisotopic (exact) mass is 269 g/mol. The lowest BCUT2D eigenvalue weighted by molar-refractivity contribution is 0.661. The van der Waals surface area contributed by atoms with Gasteiger partial charge in [0.15, 0.2) is 0 Å². The molecule has 0 N–H and O–H groups in total. The highest BCUT2D eigenvalue weighted by Crippen LogP contribution is 2.51. The summed E-state index contributed by atoms with van der Waals surface area (Å²) in [6.45, 7) is 2.37. The van der Waals surface area contributed by atoms with Crippen LogP contribution in [-0.2, 0) is 6.42 Å². The molecule has 1 atom stereocenters. The number of allylic oxidation sites excluding steroid dienone is 4. The molecule has 0 fully saturated rings. The average molecular weight is 269 g/mol. The van der Waals surface area contributed by atoms with Crippen LogP contribution < -0.4 is 0 Å². The first-order valence-electron chi connectivity index (χ1n) is 7.83. The van der Waals surface area contributed by atoms with Crippen molar-refractivity contribution in [1.29, 1.82) is 0 Å². The average Bonchev–Trinajstić information content (AvgIpc) is 3.11. The van der Waals surface area contributed by atoms with Gasteiger partial charge in [-0.25, -0.2) is 0 Å². The van der Waals surface area contributed by atoms with Gasteiger partial charge in [0.1, 0.15) is 0 Å². The largest absolute Gasteiger partial charge is 0.0801 e. The van der Waals surface area contributed by atoms with Crippen LogP contribution in [0.25, 0.3) is 16.7 Å². The number of rotatable bonds is 1. The molecule has 101 valence electrons. The molecule has 0 spiro atoms. The van der Waals surface area contributed by atoms with Gasteiger partial charge in [0.25, 0.3) is 0 Å². The van der Waals surface area contributed by atoms with Crippen LogP contribution in [0.4, 0.5) is 0 Å². The van der Waals surface area contributed by atoms with Gasteiger partial charge in [-0.3, -0.25) is 0 Å². The lowest BCUT2D eigenvalue weighted by atomic mass is 9.71. The molecule has 0 aliphatic heterocycles. The molecule has 2 aromatic rings. The molecule has 3 aliphatic rings. The summed E-state index contributed by atoms with van der Waals surface area (Å²) >= 11 is 0. The fourth-order valence-corrected chi connectivity index (χ4v) is 4.16. The summed E-state index contributed by atoms with van der Waals surface area (Å²) in [7, 11) is 0. The molecule has 0 nitrogen and oxygen atoms in total. The molecule has 0 saturated heterocycles. The van der Waals surface area contributed by atoms with Crippen LogP contribution in [0.3, 0.4) is 0 Å². The van der Waals surface area contributed by atoms with Crippen LogP contribution in [0, 0.1) is 6.42 Å². The Balaban J connectivity index is 1.79. The molecular formula is C21H17. The van der Waals surface area contributed by atoms with Gasteiger partial charge in [-0.2, -0.15) is 0 Å². The van der Waals surface area contributed by atoms with E-state index in [9.17, 15) is 0 Å². The van der Waals surface area contributed by atoms with E-state index in [0.717, 1.165) is 6.42 Å². The van der Waals surface area contributed by atoms with Crippen LogP contribution in [0.5, 0.6) is 0 Å². The van der Waals surface area contributed by atoms with Crippen LogP contribution in [0.2, 0.25) is 0 Å². The minimum absolute atomic E-state index is 0.703. The van der Waals surface area contributed by atoms with Crippen molar-refractivity contribution in [3.8, 4) is 11.1 Å². The minimum atomic E-state index is 0.703. The molecule has 3 aliphatic carbocycles. The minimum Gasteiger partial charge on any atom is -0.0801 e. The second kappa shape index (κ2) is 3.98. The van der Waals surface area contributed by atoms with E-state index in [1.54, 1.807) is 11.1 Å². The standard InChI is InChI=1S/C21H17/c1-13-10-19-17(14-6-2-3-7-14)12-18-16-9-5-4-8-15(16)11-20(18)21(13)19/h2-6,8-9,11-13H,7,10H2,1H3. The molecule has 1 unspecified atom stereocenters. The van der Waals surface area contributed by atoms with Crippen molar-refractivity contribution in [3.05, 3.63) is 82.8 Å². The molecule has 0 heterocycles. The molecule has 5 rings (SSSR count). The maximum absolute atomic E-state index is 2.45. The normalized spacial score (nSPS) is 20.6.